The summed E-state index contributed by atoms with van der Waals surface area (Å²) < 4.78 is 0. The third kappa shape index (κ3) is 2.44. The molecule has 126 valence electrons. The number of thiazole rings is 1. The Morgan fingerprint density at radius 2 is 1.92 bits per heavy atom. The summed E-state index contributed by atoms with van der Waals surface area (Å²) in [6.45, 7) is 7.15. The van der Waals surface area contributed by atoms with E-state index in [9.17, 15) is 0 Å². The number of benzene rings is 1. The molecule has 2 aliphatic rings. The highest BCUT2D eigenvalue weighted by Gasteiger charge is 2.56. The highest BCUT2D eigenvalue weighted by atomic mass is 35.5. The van der Waals surface area contributed by atoms with E-state index < -0.39 is 0 Å². The summed E-state index contributed by atoms with van der Waals surface area (Å²) in [5.41, 5.74) is 10.7. The molecular weight excluding hydrogens is 338 g/mol. The average molecular weight is 360 g/mol. The SMILES string of the molecule is CC1(C)[C@H]2CC[C@]1(C)C=C2NNc1nc(-c2ccc(Cl)cc2)cs1. The summed E-state index contributed by atoms with van der Waals surface area (Å²) in [5.74, 6) is 0.602. The molecule has 1 aromatic heterocycles. The minimum atomic E-state index is 0.305. The monoisotopic (exact) mass is 359 g/mol. The summed E-state index contributed by atoms with van der Waals surface area (Å²) in [5, 5.41) is 3.69. The number of rotatable bonds is 4. The Kier molecular flexibility index (Phi) is 3.66. The molecule has 1 heterocycles. The van der Waals surface area contributed by atoms with Crippen molar-refractivity contribution in [2.24, 2.45) is 16.7 Å². The summed E-state index contributed by atoms with van der Waals surface area (Å²) in [6.07, 6.45) is 4.97. The number of hydrazine groups is 1. The number of hydrogen-bond acceptors (Lipinski definition) is 4. The fourth-order valence-electron chi connectivity index (χ4n) is 4.10. The normalized spacial score (nSPS) is 27.2. The zero-order chi connectivity index (χ0) is 16.9. The maximum Gasteiger partial charge on any atom is 0.202 e. The van der Waals surface area contributed by atoms with Crippen molar-refractivity contribution < 1.29 is 0 Å². The number of allylic oxidation sites excluding steroid dienone is 2. The fourth-order valence-corrected chi connectivity index (χ4v) is 4.90. The van der Waals surface area contributed by atoms with E-state index in [0.29, 0.717) is 16.7 Å². The van der Waals surface area contributed by atoms with Crippen molar-refractivity contribution in [1.29, 1.82) is 0 Å². The topological polar surface area (TPSA) is 37.0 Å². The number of fused-ring (bicyclic) bond motifs is 2. The van der Waals surface area contributed by atoms with Gasteiger partial charge in [0.1, 0.15) is 0 Å². The Morgan fingerprint density at radius 3 is 2.54 bits per heavy atom. The van der Waals surface area contributed by atoms with Gasteiger partial charge in [-0.2, -0.15) is 0 Å². The van der Waals surface area contributed by atoms with Gasteiger partial charge in [-0.3, -0.25) is 5.43 Å². The highest BCUT2D eigenvalue weighted by molar-refractivity contribution is 7.14. The van der Waals surface area contributed by atoms with E-state index in [4.69, 9.17) is 11.6 Å². The molecule has 0 aliphatic heterocycles. The third-order valence-corrected chi connectivity index (χ3v) is 7.11. The average Bonchev–Trinajstić information content (AvgIpc) is 3.15. The van der Waals surface area contributed by atoms with Crippen molar-refractivity contribution >= 4 is 28.1 Å². The fraction of sp³-hybridized carbons (Fsp3) is 0.421. The molecule has 5 heteroatoms. The molecule has 0 unspecified atom stereocenters. The minimum Gasteiger partial charge on any atom is -0.303 e. The Labute approximate surface area is 152 Å². The molecule has 0 radical (unpaired) electrons. The first-order chi connectivity index (χ1) is 11.4. The van der Waals surface area contributed by atoms with E-state index in [1.807, 2.05) is 24.3 Å². The number of nitrogens with one attached hydrogen (secondary N) is 2. The first-order valence-corrected chi connectivity index (χ1v) is 9.61. The largest absolute Gasteiger partial charge is 0.303 e. The molecule has 24 heavy (non-hydrogen) atoms. The summed E-state index contributed by atoms with van der Waals surface area (Å²) in [6, 6.07) is 7.78. The summed E-state index contributed by atoms with van der Waals surface area (Å²) in [4.78, 5) is 4.66. The van der Waals surface area contributed by atoms with Crippen LogP contribution in [-0.2, 0) is 0 Å². The molecule has 2 N–H and O–H groups in total. The van der Waals surface area contributed by atoms with Crippen molar-refractivity contribution in [3.8, 4) is 11.3 Å². The second-order valence-electron chi connectivity index (χ2n) is 7.62. The van der Waals surface area contributed by atoms with Gasteiger partial charge in [0.15, 0.2) is 0 Å². The number of halogens is 1. The van der Waals surface area contributed by atoms with Crippen LogP contribution in [0.15, 0.2) is 41.4 Å². The van der Waals surface area contributed by atoms with Crippen molar-refractivity contribution in [1.82, 2.24) is 10.4 Å². The van der Waals surface area contributed by atoms with E-state index >= 15 is 0 Å². The van der Waals surface area contributed by atoms with Crippen LogP contribution in [0.2, 0.25) is 5.02 Å². The van der Waals surface area contributed by atoms with Gasteiger partial charge in [0.2, 0.25) is 5.13 Å². The van der Waals surface area contributed by atoms with E-state index in [0.717, 1.165) is 21.4 Å². The lowest BCUT2D eigenvalue weighted by molar-refractivity contribution is 0.178. The Hall–Kier alpha value is -1.52. The molecule has 1 fully saturated rings. The second-order valence-corrected chi connectivity index (χ2v) is 8.92. The van der Waals surface area contributed by atoms with Crippen LogP contribution in [0.25, 0.3) is 11.3 Å². The van der Waals surface area contributed by atoms with Crippen LogP contribution in [0.5, 0.6) is 0 Å². The van der Waals surface area contributed by atoms with Crippen molar-refractivity contribution in [3.63, 3.8) is 0 Å². The lowest BCUT2D eigenvalue weighted by atomic mass is 9.70. The van der Waals surface area contributed by atoms with Gasteiger partial charge in [0.05, 0.1) is 5.69 Å². The molecule has 0 amide bonds. The quantitative estimate of drug-likeness (QED) is 0.685. The van der Waals surface area contributed by atoms with E-state index in [1.54, 1.807) is 11.3 Å². The Bertz CT molecular complexity index is 793. The summed E-state index contributed by atoms with van der Waals surface area (Å²) >= 11 is 7.55. The number of anilines is 1. The number of nitrogens with zero attached hydrogens (tertiary/aromatic N) is 1. The lowest BCUT2D eigenvalue weighted by Gasteiger charge is -2.33. The van der Waals surface area contributed by atoms with Crippen LogP contribution >= 0.6 is 22.9 Å². The lowest BCUT2D eigenvalue weighted by Crippen LogP contribution is -2.30. The van der Waals surface area contributed by atoms with E-state index in [-0.39, 0.29) is 0 Å². The molecule has 2 atom stereocenters. The maximum absolute atomic E-state index is 5.95. The standard InChI is InChI=1S/C19H22ClN3S/c1-18(2)14-8-9-19(18,3)10-15(14)22-23-17-21-16(11-24-17)12-4-6-13(20)7-5-12/h4-7,10-11,14,22H,8-9H2,1-3H3,(H,21,23)/t14-,19+/m0/s1. The van der Waals surface area contributed by atoms with Crippen LogP contribution in [0.1, 0.15) is 33.6 Å². The van der Waals surface area contributed by atoms with Crippen LogP contribution in [0.3, 0.4) is 0 Å². The Balaban J connectivity index is 1.46. The van der Waals surface area contributed by atoms with Gasteiger partial charge in [-0.1, -0.05) is 50.6 Å². The summed E-state index contributed by atoms with van der Waals surface area (Å²) in [7, 11) is 0. The van der Waals surface area contributed by atoms with Crippen LogP contribution in [0, 0.1) is 16.7 Å². The Morgan fingerprint density at radius 1 is 1.17 bits per heavy atom. The zero-order valence-corrected chi connectivity index (χ0v) is 15.8. The molecular formula is C19H22ClN3S. The van der Waals surface area contributed by atoms with Gasteiger partial charge in [-0.15, -0.1) is 11.3 Å². The number of hydrogen-bond donors (Lipinski definition) is 2. The maximum atomic E-state index is 5.95. The van der Waals surface area contributed by atoms with E-state index in [2.05, 4.69) is 48.1 Å². The van der Waals surface area contributed by atoms with Gasteiger partial charge in [0, 0.05) is 27.6 Å². The van der Waals surface area contributed by atoms with E-state index in [1.165, 1.54) is 18.5 Å². The molecule has 1 saturated carbocycles. The van der Waals surface area contributed by atoms with Gasteiger partial charge < -0.3 is 5.43 Å². The van der Waals surface area contributed by atoms with Gasteiger partial charge in [-0.25, -0.2) is 4.98 Å². The molecule has 2 aromatic rings. The van der Waals surface area contributed by atoms with Gasteiger partial charge in [-0.05, 0) is 35.8 Å². The first kappa shape index (κ1) is 16.0. The molecule has 2 bridgehead atoms. The predicted octanol–water partition coefficient (Wildman–Crippen LogP) is 5.72. The molecule has 0 saturated heterocycles. The molecule has 4 rings (SSSR count). The number of aromatic nitrogens is 1. The molecule has 3 nitrogen and oxygen atoms in total. The predicted molar refractivity (Wildman–Crippen MR) is 102 cm³/mol. The van der Waals surface area contributed by atoms with Gasteiger partial charge in [0.25, 0.3) is 0 Å². The van der Waals surface area contributed by atoms with Gasteiger partial charge >= 0.3 is 0 Å². The van der Waals surface area contributed by atoms with Crippen molar-refractivity contribution in [2.75, 3.05) is 5.43 Å². The third-order valence-electron chi connectivity index (χ3n) is 6.10. The van der Waals surface area contributed by atoms with Crippen LogP contribution < -0.4 is 10.9 Å². The highest BCUT2D eigenvalue weighted by Crippen LogP contribution is 2.63. The smallest absolute Gasteiger partial charge is 0.202 e. The molecule has 0 spiro atoms. The minimum absolute atomic E-state index is 0.305. The zero-order valence-electron chi connectivity index (χ0n) is 14.2. The van der Waals surface area contributed by atoms with Crippen LogP contribution in [0.4, 0.5) is 5.13 Å². The molecule has 2 aliphatic carbocycles. The van der Waals surface area contributed by atoms with Crippen molar-refractivity contribution in [2.45, 2.75) is 33.6 Å². The van der Waals surface area contributed by atoms with Crippen molar-refractivity contribution in [3.05, 3.63) is 46.4 Å². The molecule has 1 aromatic carbocycles. The van der Waals surface area contributed by atoms with Crippen LogP contribution in [-0.4, -0.2) is 4.98 Å². The first-order valence-electron chi connectivity index (χ1n) is 8.35. The second kappa shape index (κ2) is 5.50.